The number of rotatable bonds is 8. The van der Waals surface area contributed by atoms with Gasteiger partial charge in [-0.25, -0.2) is 4.79 Å². The first kappa shape index (κ1) is 17.7. The van der Waals surface area contributed by atoms with Crippen molar-refractivity contribution < 1.29 is 9.90 Å². The lowest BCUT2D eigenvalue weighted by molar-refractivity contribution is -0.132. The second-order valence-electron chi connectivity index (χ2n) is 4.37. The Bertz CT molecular complexity index is 562. The Kier molecular flexibility index (Phi) is 8.03. The number of thioether (sulfide) groups is 2. The predicted molar refractivity (Wildman–Crippen MR) is 89.7 cm³/mol. The van der Waals surface area contributed by atoms with Crippen molar-refractivity contribution in [3.8, 4) is 6.07 Å². The third-order valence-corrected chi connectivity index (χ3v) is 5.05. The Morgan fingerprint density at radius 2 is 1.95 bits per heavy atom. The lowest BCUT2D eigenvalue weighted by atomic mass is 10.1. The summed E-state index contributed by atoms with van der Waals surface area (Å²) in [6, 6.07) is 7.70. The second-order valence-corrected chi connectivity index (χ2v) is 6.68. The fourth-order valence-electron chi connectivity index (χ4n) is 1.58. The van der Waals surface area contributed by atoms with Crippen molar-refractivity contribution >= 4 is 35.6 Å². The number of carboxylic acids is 1. The van der Waals surface area contributed by atoms with Gasteiger partial charge in [-0.1, -0.05) is 19.9 Å². The standard InChI is InChI=1S/C16H19NO2S2/c1-3-7-20-14-6-5-12(9-13(11-17)16(18)19)15(10-14)21-8-4-2/h5-6,9-10H,3-4,7-8H2,1-2H3,(H,18,19)/b13-9+. The van der Waals surface area contributed by atoms with E-state index in [0.29, 0.717) is 0 Å². The fraction of sp³-hybridized carbons (Fsp3) is 0.375. The normalized spacial score (nSPS) is 11.2. The van der Waals surface area contributed by atoms with Gasteiger partial charge in [0.05, 0.1) is 0 Å². The van der Waals surface area contributed by atoms with Crippen LogP contribution in [0.25, 0.3) is 6.08 Å². The summed E-state index contributed by atoms with van der Waals surface area (Å²) in [5.41, 5.74) is 0.565. The molecule has 1 aromatic carbocycles. The number of hydrogen-bond donors (Lipinski definition) is 1. The SMILES string of the molecule is CCCSc1ccc(/C=C(\C#N)C(=O)O)c(SCCC)c1. The first-order valence-corrected chi connectivity index (χ1v) is 8.84. The van der Waals surface area contributed by atoms with E-state index in [2.05, 4.69) is 19.9 Å². The molecule has 0 saturated heterocycles. The average molecular weight is 321 g/mol. The van der Waals surface area contributed by atoms with Gasteiger partial charge in [0.15, 0.2) is 0 Å². The van der Waals surface area contributed by atoms with Gasteiger partial charge in [-0.05, 0) is 48.1 Å². The summed E-state index contributed by atoms with van der Waals surface area (Å²) >= 11 is 3.49. The summed E-state index contributed by atoms with van der Waals surface area (Å²) in [6.45, 7) is 4.25. The minimum Gasteiger partial charge on any atom is -0.477 e. The zero-order valence-electron chi connectivity index (χ0n) is 12.3. The van der Waals surface area contributed by atoms with E-state index in [4.69, 9.17) is 10.4 Å². The Morgan fingerprint density at radius 1 is 1.29 bits per heavy atom. The Balaban J connectivity index is 3.12. The third kappa shape index (κ3) is 5.86. The Hall–Kier alpha value is -1.38. The molecule has 5 heteroatoms. The van der Waals surface area contributed by atoms with Crippen molar-refractivity contribution in [1.82, 2.24) is 0 Å². The monoisotopic (exact) mass is 321 g/mol. The Morgan fingerprint density at radius 3 is 2.52 bits per heavy atom. The fourth-order valence-corrected chi connectivity index (χ4v) is 3.39. The number of nitrogens with zero attached hydrogens (tertiary/aromatic N) is 1. The maximum Gasteiger partial charge on any atom is 0.346 e. The molecule has 112 valence electrons. The Labute approximate surface area is 134 Å². The summed E-state index contributed by atoms with van der Waals surface area (Å²) in [5.74, 6) is 0.844. The van der Waals surface area contributed by atoms with Gasteiger partial charge in [-0.15, -0.1) is 23.5 Å². The van der Waals surface area contributed by atoms with Gasteiger partial charge in [0, 0.05) is 9.79 Å². The average Bonchev–Trinajstić information content (AvgIpc) is 2.49. The lowest BCUT2D eigenvalue weighted by Crippen LogP contribution is -1.98. The smallest absolute Gasteiger partial charge is 0.346 e. The van der Waals surface area contributed by atoms with Crippen molar-refractivity contribution in [2.75, 3.05) is 11.5 Å². The van der Waals surface area contributed by atoms with E-state index in [1.54, 1.807) is 29.6 Å². The maximum atomic E-state index is 11.0. The molecule has 21 heavy (non-hydrogen) atoms. The molecule has 0 unspecified atom stereocenters. The largest absolute Gasteiger partial charge is 0.477 e. The molecule has 0 atom stereocenters. The molecule has 1 rings (SSSR count). The molecular weight excluding hydrogens is 302 g/mol. The summed E-state index contributed by atoms with van der Waals surface area (Å²) in [6.07, 6.45) is 3.61. The molecule has 0 fully saturated rings. The van der Waals surface area contributed by atoms with Crippen LogP contribution in [-0.2, 0) is 4.79 Å². The van der Waals surface area contributed by atoms with Gasteiger partial charge < -0.3 is 5.11 Å². The molecule has 0 saturated carbocycles. The number of carbonyl (C=O) groups is 1. The summed E-state index contributed by atoms with van der Waals surface area (Å²) in [7, 11) is 0. The van der Waals surface area contributed by atoms with Crippen LogP contribution < -0.4 is 0 Å². The van der Waals surface area contributed by atoms with Crippen LogP contribution in [0.5, 0.6) is 0 Å². The van der Waals surface area contributed by atoms with Crippen LogP contribution in [0, 0.1) is 11.3 Å². The highest BCUT2D eigenvalue weighted by Crippen LogP contribution is 2.30. The third-order valence-electron chi connectivity index (χ3n) is 2.57. The topological polar surface area (TPSA) is 61.1 Å². The lowest BCUT2D eigenvalue weighted by Gasteiger charge is -2.08. The van der Waals surface area contributed by atoms with Crippen molar-refractivity contribution in [2.45, 2.75) is 36.5 Å². The van der Waals surface area contributed by atoms with Gasteiger partial charge in [-0.3, -0.25) is 0 Å². The molecule has 0 aliphatic heterocycles. The summed E-state index contributed by atoms with van der Waals surface area (Å²) < 4.78 is 0. The van der Waals surface area contributed by atoms with Gasteiger partial charge in [0.2, 0.25) is 0 Å². The second kappa shape index (κ2) is 9.54. The molecule has 0 heterocycles. The van der Waals surface area contributed by atoms with Crippen molar-refractivity contribution in [3.05, 3.63) is 29.3 Å². The van der Waals surface area contributed by atoms with Crippen molar-refractivity contribution in [1.29, 1.82) is 5.26 Å². The molecule has 1 N–H and O–H groups in total. The highest BCUT2D eigenvalue weighted by Gasteiger charge is 2.09. The van der Waals surface area contributed by atoms with Crippen LogP contribution in [0.3, 0.4) is 0 Å². The number of benzene rings is 1. The number of hydrogen-bond acceptors (Lipinski definition) is 4. The number of nitriles is 1. The minimum atomic E-state index is -1.19. The van der Waals surface area contributed by atoms with Gasteiger partial charge in [0.1, 0.15) is 11.6 Å². The van der Waals surface area contributed by atoms with E-state index in [1.807, 2.05) is 12.1 Å². The van der Waals surface area contributed by atoms with Crippen LogP contribution in [-0.4, -0.2) is 22.6 Å². The molecule has 3 nitrogen and oxygen atoms in total. The zero-order valence-corrected chi connectivity index (χ0v) is 13.9. The van der Waals surface area contributed by atoms with Gasteiger partial charge >= 0.3 is 5.97 Å². The van der Waals surface area contributed by atoms with Crippen LogP contribution in [0.2, 0.25) is 0 Å². The summed E-state index contributed by atoms with van der Waals surface area (Å²) in [5, 5.41) is 17.9. The highest BCUT2D eigenvalue weighted by atomic mass is 32.2. The molecule has 0 aliphatic rings. The number of carboxylic acid groups (broad SMARTS) is 1. The van der Waals surface area contributed by atoms with Crippen LogP contribution >= 0.6 is 23.5 Å². The van der Waals surface area contributed by atoms with Crippen molar-refractivity contribution in [3.63, 3.8) is 0 Å². The molecule has 1 aromatic rings. The molecule has 0 radical (unpaired) electrons. The van der Waals surface area contributed by atoms with E-state index >= 15 is 0 Å². The van der Waals surface area contributed by atoms with Crippen LogP contribution in [0.1, 0.15) is 32.3 Å². The first-order valence-electron chi connectivity index (χ1n) is 6.87. The molecule has 0 aliphatic carbocycles. The minimum absolute atomic E-state index is 0.234. The zero-order chi connectivity index (χ0) is 15.7. The van der Waals surface area contributed by atoms with Crippen LogP contribution in [0.15, 0.2) is 33.6 Å². The van der Waals surface area contributed by atoms with Gasteiger partial charge in [0.25, 0.3) is 0 Å². The van der Waals surface area contributed by atoms with Gasteiger partial charge in [-0.2, -0.15) is 5.26 Å². The summed E-state index contributed by atoms with van der Waals surface area (Å²) in [4.78, 5) is 13.2. The molecular formula is C16H19NO2S2. The van der Waals surface area contributed by atoms with Crippen molar-refractivity contribution in [2.24, 2.45) is 0 Å². The number of aliphatic carboxylic acids is 1. The predicted octanol–water partition coefficient (Wildman–Crippen LogP) is 4.68. The van der Waals surface area contributed by atoms with Crippen LogP contribution in [0.4, 0.5) is 0 Å². The molecule has 0 bridgehead atoms. The van der Waals surface area contributed by atoms with E-state index in [1.165, 1.54) is 11.0 Å². The van der Waals surface area contributed by atoms with E-state index < -0.39 is 5.97 Å². The van der Waals surface area contributed by atoms with E-state index in [9.17, 15) is 4.79 Å². The van der Waals surface area contributed by atoms with E-state index in [-0.39, 0.29) is 5.57 Å². The molecule has 0 aromatic heterocycles. The maximum absolute atomic E-state index is 11.0. The molecule has 0 spiro atoms. The first-order chi connectivity index (χ1) is 10.1. The highest BCUT2D eigenvalue weighted by molar-refractivity contribution is 8.00. The van der Waals surface area contributed by atoms with E-state index in [0.717, 1.165) is 34.8 Å². The quantitative estimate of drug-likeness (QED) is 0.428. The molecule has 0 amide bonds.